The number of esters is 2. The summed E-state index contributed by atoms with van der Waals surface area (Å²) in [6.07, 6.45) is 0. The van der Waals surface area contributed by atoms with E-state index in [1.54, 1.807) is 44.2 Å². The summed E-state index contributed by atoms with van der Waals surface area (Å²) in [5, 5.41) is 0. The molecule has 0 bridgehead atoms. The topological polar surface area (TPSA) is 61.8 Å². The maximum absolute atomic E-state index is 13.0. The summed E-state index contributed by atoms with van der Waals surface area (Å²) < 4.78 is 16.8. The maximum atomic E-state index is 13.0. The zero-order valence-electron chi connectivity index (χ0n) is 18.4. The smallest absolute Gasteiger partial charge is 0.347 e. The van der Waals surface area contributed by atoms with Gasteiger partial charge < -0.3 is 14.2 Å². The van der Waals surface area contributed by atoms with E-state index in [0.29, 0.717) is 46.1 Å². The van der Waals surface area contributed by atoms with Crippen molar-refractivity contribution < 1.29 is 23.8 Å². The first-order chi connectivity index (χ1) is 14.8. The highest BCUT2D eigenvalue weighted by Gasteiger charge is 2.25. The number of hydrogen-bond donors (Lipinski definition) is 0. The van der Waals surface area contributed by atoms with Crippen LogP contribution in [-0.4, -0.2) is 18.5 Å². The van der Waals surface area contributed by atoms with Crippen LogP contribution in [0, 0.1) is 27.7 Å². The Morgan fingerprint density at radius 1 is 0.710 bits per heavy atom. The van der Waals surface area contributed by atoms with Gasteiger partial charge in [0.1, 0.15) is 22.8 Å². The van der Waals surface area contributed by atoms with Crippen molar-refractivity contribution in [1.82, 2.24) is 0 Å². The molecule has 0 unspecified atom stereocenters. The largest absolute Gasteiger partial charge is 0.493 e. The van der Waals surface area contributed by atoms with Gasteiger partial charge in [-0.15, -0.1) is 0 Å². The fourth-order valence-electron chi connectivity index (χ4n) is 3.15. The average Bonchev–Trinajstić information content (AvgIpc) is 2.74. The van der Waals surface area contributed by atoms with Gasteiger partial charge in [0, 0.05) is 0 Å². The van der Waals surface area contributed by atoms with Crippen LogP contribution in [0.3, 0.4) is 0 Å². The van der Waals surface area contributed by atoms with Crippen molar-refractivity contribution in [3.05, 3.63) is 88.0 Å². The number of hydrogen-bond acceptors (Lipinski definition) is 5. The lowest BCUT2D eigenvalue weighted by molar-refractivity contribution is 0.0715. The summed E-state index contributed by atoms with van der Waals surface area (Å²) in [5.41, 5.74) is 4.02. The second-order valence-electron chi connectivity index (χ2n) is 7.39. The number of benzene rings is 3. The Hall–Kier alpha value is -3.60. The van der Waals surface area contributed by atoms with Gasteiger partial charge in [0.2, 0.25) is 0 Å². The first kappa shape index (κ1) is 22.1. The molecule has 0 N–H and O–H groups in total. The molecule has 5 heteroatoms. The molecule has 0 aliphatic carbocycles. The van der Waals surface area contributed by atoms with E-state index < -0.39 is 11.9 Å². The Balaban J connectivity index is 1.94. The molecule has 0 aromatic heterocycles. The molecular formula is C26H26O5. The molecule has 0 saturated heterocycles. The standard InChI is InChI=1S/C26H26O5/c1-6-29-23-15-22(25(27)30-20-11-7-16(2)8-12-20)18(4)19(5)24(23)26(28)31-21-13-9-17(3)10-14-21/h7-15H,6H2,1-5H3. The van der Waals surface area contributed by atoms with Crippen molar-refractivity contribution in [3.8, 4) is 17.2 Å². The number of carbonyl (C=O) groups is 2. The number of rotatable bonds is 6. The quantitative estimate of drug-likeness (QED) is 0.376. The fraction of sp³-hybridized carbons (Fsp3) is 0.231. The van der Waals surface area contributed by atoms with Gasteiger partial charge in [-0.3, -0.25) is 0 Å². The van der Waals surface area contributed by atoms with Gasteiger partial charge in [-0.1, -0.05) is 35.4 Å². The van der Waals surface area contributed by atoms with Gasteiger partial charge in [-0.2, -0.15) is 0 Å². The van der Waals surface area contributed by atoms with Gasteiger partial charge in [-0.05, 0) is 76.1 Å². The molecule has 0 aliphatic rings. The van der Waals surface area contributed by atoms with E-state index in [2.05, 4.69) is 0 Å². The van der Waals surface area contributed by atoms with Gasteiger partial charge in [0.15, 0.2) is 0 Å². The Morgan fingerprint density at radius 2 is 1.19 bits per heavy atom. The molecule has 3 aromatic rings. The summed E-state index contributed by atoms with van der Waals surface area (Å²) in [7, 11) is 0. The van der Waals surface area contributed by atoms with Gasteiger partial charge in [-0.25, -0.2) is 9.59 Å². The monoisotopic (exact) mass is 418 g/mol. The first-order valence-electron chi connectivity index (χ1n) is 10.1. The molecule has 0 atom stereocenters. The number of carbonyl (C=O) groups excluding carboxylic acids is 2. The van der Waals surface area contributed by atoms with Crippen molar-refractivity contribution in [2.75, 3.05) is 6.61 Å². The summed E-state index contributed by atoms with van der Waals surface area (Å²) in [4.78, 5) is 25.8. The van der Waals surface area contributed by atoms with E-state index in [1.807, 2.05) is 45.0 Å². The van der Waals surface area contributed by atoms with Crippen LogP contribution in [0.1, 0.15) is 49.9 Å². The van der Waals surface area contributed by atoms with Crippen LogP contribution in [-0.2, 0) is 0 Å². The lowest BCUT2D eigenvalue weighted by atomic mass is 9.96. The summed E-state index contributed by atoms with van der Waals surface area (Å²) in [5.74, 6) is 0.139. The highest BCUT2D eigenvalue weighted by molar-refractivity contribution is 6.00. The van der Waals surface area contributed by atoms with Crippen LogP contribution in [0.4, 0.5) is 0 Å². The van der Waals surface area contributed by atoms with E-state index in [1.165, 1.54) is 0 Å². The molecule has 3 rings (SSSR count). The molecule has 0 amide bonds. The Kier molecular flexibility index (Phi) is 6.75. The van der Waals surface area contributed by atoms with E-state index in [0.717, 1.165) is 11.1 Å². The summed E-state index contributed by atoms with van der Waals surface area (Å²) in [6, 6.07) is 16.0. The molecule has 160 valence electrons. The normalized spacial score (nSPS) is 10.5. The van der Waals surface area contributed by atoms with Crippen molar-refractivity contribution in [3.63, 3.8) is 0 Å². The predicted octanol–water partition coefficient (Wildman–Crippen LogP) is 5.76. The molecule has 0 saturated carbocycles. The van der Waals surface area contributed by atoms with Crippen LogP contribution in [0.2, 0.25) is 0 Å². The van der Waals surface area contributed by atoms with E-state index >= 15 is 0 Å². The minimum Gasteiger partial charge on any atom is -0.493 e. The third-order valence-electron chi connectivity index (χ3n) is 5.05. The number of ether oxygens (including phenoxy) is 3. The Bertz CT molecular complexity index is 1100. The third kappa shape index (κ3) is 5.12. The summed E-state index contributed by atoms with van der Waals surface area (Å²) in [6.45, 7) is 9.61. The Labute approximate surface area is 182 Å². The molecule has 0 radical (unpaired) electrons. The molecule has 0 fully saturated rings. The van der Waals surface area contributed by atoms with Crippen molar-refractivity contribution in [1.29, 1.82) is 0 Å². The average molecular weight is 418 g/mol. The van der Waals surface area contributed by atoms with Gasteiger partial charge >= 0.3 is 11.9 Å². The van der Waals surface area contributed by atoms with Crippen molar-refractivity contribution >= 4 is 11.9 Å². The highest BCUT2D eigenvalue weighted by atomic mass is 16.5. The fourth-order valence-corrected chi connectivity index (χ4v) is 3.15. The predicted molar refractivity (Wildman–Crippen MR) is 119 cm³/mol. The molecule has 3 aromatic carbocycles. The number of aryl methyl sites for hydroxylation is 2. The molecule has 0 aliphatic heterocycles. The van der Waals surface area contributed by atoms with Crippen LogP contribution in [0.5, 0.6) is 17.2 Å². The minimum absolute atomic E-state index is 0.290. The second-order valence-corrected chi connectivity index (χ2v) is 7.39. The third-order valence-corrected chi connectivity index (χ3v) is 5.05. The summed E-state index contributed by atoms with van der Waals surface area (Å²) >= 11 is 0. The van der Waals surface area contributed by atoms with E-state index in [4.69, 9.17) is 14.2 Å². The molecule has 0 spiro atoms. The van der Waals surface area contributed by atoms with Crippen LogP contribution in [0.15, 0.2) is 54.6 Å². The van der Waals surface area contributed by atoms with E-state index in [9.17, 15) is 9.59 Å². The first-order valence-corrected chi connectivity index (χ1v) is 10.1. The lowest BCUT2D eigenvalue weighted by Gasteiger charge is -2.17. The molecule has 5 nitrogen and oxygen atoms in total. The molecule has 31 heavy (non-hydrogen) atoms. The van der Waals surface area contributed by atoms with Gasteiger partial charge in [0.25, 0.3) is 0 Å². The van der Waals surface area contributed by atoms with Crippen LogP contribution in [0.25, 0.3) is 0 Å². The zero-order chi connectivity index (χ0) is 22.5. The Morgan fingerprint density at radius 3 is 1.68 bits per heavy atom. The van der Waals surface area contributed by atoms with Crippen LogP contribution < -0.4 is 14.2 Å². The second kappa shape index (κ2) is 9.47. The van der Waals surface area contributed by atoms with Gasteiger partial charge in [0.05, 0.1) is 12.2 Å². The van der Waals surface area contributed by atoms with Crippen molar-refractivity contribution in [2.24, 2.45) is 0 Å². The lowest BCUT2D eigenvalue weighted by Crippen LogP contribution is -2.17. The SMILES string of the molecule is CCOc1cc(C(=O)Oc2ccc(C)cc2)c(C)c(C)c1C(=O)Oc1ccc(C)cc1. The van der Waals surface area contributed by atoms with Crippen molar-refractivity contribution in [2.45, 2.75) is 34.6 Å². The highest BCUT2D eigenvalue weighted by Crippen LogP contribution is 2.31. The molecular weight excluding hydrogens is 392 g/mol. The van der Waals surface area contributed by atoms with Crippen LogP contribution >= 0.6 is 0 Å². The molecule has 0 heterocycles. The zero-order valence-corrected chi connectivity index (χ0v) is 18.4. The van der Waals surface area contributed by atoms with E-state index in [-0.39, 0.29) is 0 Å². The maximum Gasteiger partial charge on any atom is 0.347 e. The minimum atomic E-state index is -0.536.